The van der Waals surface area contributed by atoms with Crippen molar-refractivity contribution < 1.29 is 9.53 Å². The summed E-state index contributed by atoms with van der Waals surface area (Å²) in [5, 5.41) is 13.1. The SMILES string of the molecule is CN=C(NCCNC(=O)c1ccc(OC)cc1)NC1CCN(c2cccs2)CC1.I. The van der Waals surface area contributed by atoms with Crippen LogP contribution in [0.1, 0.15) is 23.2 Å². The molecule has 3 rings (SSSR count). The van der Waals surface area contributed by atoms with E-state index in [1.807, 2.05) is 0 Å². The summed E-state index contributed by atoms with van der Waals surface area (Å²) < 4.78 is 5.11. The Labute approximate surface area is 199 Å². The highest BCUT2D eigenvalue weighted by atomic mass is 127. The fourth-order valence-electron chi connectivity index (χ4n) is 3.28. The summed E-state index contributed by atoms with van der Waals surface area (Å²) in [6.07, 6.45) is 2.15. The second-order valence-electron chi connectivity index (χ2n) is 6.84. The van der Waals surface area contributed by atoms with E-state index in [1.165, 1.54) is 5.00 Å². The minimum Gasteiger partial charge on any atom is -0.497 e. The molecule has 2 aromatic rings. The molecule has 1 aromatic carbocycles. The number of ether oxygens (including phenoxy) is 1. The van der Waals surface area contributed by atoms with Crippen molar-refractivity contribution in [2.24, 2.45) is 4.99 Å². The fraction of sp³-hybridized carbons (Fsp3) is 0.429. The molecular weight excluding hydrogens is 513 g/mol. The lowest BCUT2D eigenvalue weighted by atomic mass is 10.1. The number of piperidine rings is 1. The molecule has 1 aromatic heterocycles. The molecule has 1 amide bonds. The smallest absolute Gasteiger partial charge is 0.251 e. The fourth-order valence-corrected chi connectivity index (χ4v) is 4.07. The molecule has 1 saturated heterocycles. The molecule has 1 aliphatic rings. The zero-order valence-corrected chi connectivity index (χ0v) is 20.5. The first-order valence-corrected chi connectivity index (χ1v) is 10.8. The van der Waals surface area contributed by atoms with Gasteiger partial charge < -0.3 is 25.6 Å². The van der Waals surface area contributed by atoms with Gasteiger partial charge in [0.2, 0.25) is 0 Å². The molecule has 1 fully saturated rings. The van der Waals surface area contributed by atoms with Crippen LogP contribution >= 0.6 is 35.3 Å². The lowest BCUT2D eigenvalue weighted by molar-refractivity contribution is 0.0954. The van der Waals surface area contributed by atoms with Crippen LogP contribution in [0.15, 0.2) is 46.8 Å². The van der Waals surface area contributed by atoms with Gasteiger partial charge in [0, 0.05) is 44.8 Å². The quantitative estimate of drug-likeness (QED) is 0.217. The number of guanidine groups is 1. The van der Waals surface area contributed by atoms with E-state index in [0.717, 1.165) is 37.6 Å². The molecule has 0 radical (unpaired) electrons. The van der Waals surface area contributed by atoms with Crippen LogP contribution in [0.25, 0.3) is 0 Å². The first-order chi connectivity index (χ1) is 14.2. The molecule has 0 bridgehead atoms. The van der Waals surface area contributed by atoms with Crippen molar-refractivity contribution in [3.63, 3.8) is 0 Å². The van der Waals surface area contributed by atoms with Crippen LogP contribution in [-0.2, 0) is 0 Å². The van der Waals surface area contributed by atoms with E-state index in [4.69, 9.17) is 4.74 Å². The van der Waals surface area contributed by atoms with Crippen molar-refractivity contribution in [2.45, 2.75) is 18.9 Å². The zero-order valence-electron chi connectivity index (χ0n) is 17.4. The second kappa shape index (κ2) is 12.6. The number of amides is 1. The van der Waals surface area contributed by atoms with Gasteiger partial charge in [-0.05, 0) is 54.6 Å². The Morgan fingerprint density at radius 1 is 1.17 bits per heavy atom. The van der Waals surface area contributed by atoms with Gasteiger partial charge in [-0.15, -0.1) is 35.3 Å². The Kier molecular flexibility index (Phi) is 10.2. The summed E-state index contributed by atoms with van der Waals surface area (Å²) in [6, 6.07) is 11.8. The Bertz CT molecular complexity index is 790. The molecule has 7 nitrogen and oxygen atoms in total. The topological polar surface area (TPSA) is 78.0 Å². The normalized spacial score (nSPS) is 14.6. The van der Waals surface area contributed by atoms with Gasteiger partial charge in [0.05, 0.1) is 12.1 Å². The van der Waals surface area contributed by atoms with Gasteiger partial charge in [-0.3, -0.25) is 9.79 Å². The van der Waals surface area contributed by atoms with Crippen LogP contribution in [0.2, 0.25) is 0 Å². The Hall–Kier alpha value is -2.01. The highest BCUT2D eigenvalue weighted by Crippen LogP contribution is 2.24. The van der Waals surface area contributed by atoms with E-state index >= 15 is 0 Å². The van der Waals surface area contributed by atoms with E-state index in [1.54, 1.807) is 49.8 Å². The van der Waals surface area contributed by atoms with Crippen LogP contribution < -0.4 is 25.6 Å². The Morgan fingerprint density at radius 2 is 1.87 bits per heavy atom. The van der Waals surface area contributed by atoms with Crippen molar-refractivity contribution >= 4 is 52.2 Å². The van der Waals surface area contributed by atoms with Crippen LogP contribution in [-0.4, -0.2) is 58.2 Å². The number of carbonyl (C=O) groups is 1. The maximum absolute atomic E-state index is 12.2. The second-order valence-corrected chi connectivity index (χ2v) is 7.77. The van der Waals surface area contributed by atoms with Gasteiger partial charge in [-0.1, -0.05) is 0 Å². The number of halogens is 1. The summed E-state index contributed by atoms with van der Waals surface area (Å²) >= 11 is 1.79. The number of thiophene rings is 1. The average molecular weight is 543 g/mol. The summed E-state index contributed by atoms with van der Waals surface area (Å²) in [5.41, 5.74) is 0.616. The highest BCUT2D eigenvalue weighted by molar-refractivity contribution is 14.0. The largest absolute Gasteiger partial charge is 0.497 e. The van der Waals surface area contributed by atoms with Gasteiger partial charge >= 0.3 is 0 Å². The van der Waals surface area contributed by atoms with E-state index in [0.29, 0.717) is 24.7 Å². The Morgan fingerprint density at radius 3 is 2.47 bits per heavy atom. The summed E-state index contributed by atoms with van der Waals surface area (Å²) in [5.74, 6) is 1.41. The predicted octanol–water partition coefficient (Wildman–Crippen LogP) is 2.94. The number of nitrogens with one attached hydrogen (secondary N) is 3. The minimum absolute atomic E-state index is 0. The van der Waals surface area contributed by atoms with Gasteiger partial charge in [0.1, 0.15) is 5.75 Å². The van der Waals surface area contributed by atoms with Crippen molar-refractivity contribution in [2.75, 3.05) is 45.2 Å². The minimum atomic E-state index is -0.0988. The molecule has 1 aliphatic heterocycles. The van der Waals surface area contributed by atoms with Crippen molar-refractivity contribution in [1.82, 2.24) is 16.0 Å². The predicted molar refractivity (Wildman–Crippen MR) is 135 cm³/mol. The van der Waals surface area contributed by atoms with Gasteiger partial charge in [0.25, 0.3) is 5.91 Å². The van der Waals surface area contributed by atoms with Crippen LogP contribution in [0.4, 0.5) is 5.00 Å². The van der Waals surface area contributed by atoms with Gasteiger partial charge in [0.15, 0.2) is 5.96 Å². The molecule has 0 unspecified atom stereocenters. The standard InChI is InChI=1S/C21H29N5O2S.HI/c1-22-21(25-17-9-13-26(14-10-17)19-4-3-15-29-19)24-12-11-23-20(27)16-5-7-18(28-2)8-6-16;/h3-8,15,17H,9-14H2,1-2H3,(H,23,27)(H2,22,24,25);1H. The first kappa shape index (κ1) is 24.3. The molecule has 0 atom stereocenters. The molecule has 30 heavy (non-hydrogen) atoms. The molecule has 2 heterocycles. The number of methoxy groups -OCH3 is 1. The van der Waals surface area contributed by atoms with E-state index in [-0.39, 0.29) is 29.9 Å². The molecule has 3 N–H and O–H groups in total. The molecular formula is C21H30IN5O2S. The van der Waals surface area contributed by atoms with E-state index in [9.17, 15) is 4.79 Å². The molecule has 164 valence electrons. The maximum Gasteiger partial charge on any atom is 0.251 e. The van der Waals surface area contributed by atoms with E-state index in [2.05, 4.69) is 43.4 Å². The third-order valence-corrected chi connectivity index (χ3v) is 5.86. The van der Waals surface area contributed by atoms with E-state index < -0.39 is 0 Å². The number of rotatable bonds is 7. The number of hydrogen-bond donors (Lipinski definition) is 3. The monoisotopic (exact) mass is 543 g/mol. The summed E-state index contributed by atoms with van der Waals surface area (Å²) in [4.78, 5) is 18.9. The molecule has 0 saturated carbocycles. The number of aliphatic imine (C=N–C) groups is 1. The van der Waals surface area contributed by atoms with Crippen molar-refractivity contribution in [1.29, 1.82) is 0 Å². The number of nitrogens with zero attached hydrogens (tertiary/aromatic N) is 2. The summed E-state index contributed by atoms with van der Waals surface area (Å²) in [7, 11) is 3.38. The van der Waals surface area contributed by atoms with Crippen LogP contribution in [0, 0.1) is 0 Å². The lowest BCUT2D eigenvalue weighted by Crippen LogP contribution is -2.49. The van der Waals surface area contributed by atoms with Crippen molar-refractivity contribution in [3.05, 3.63) is 47.3 Å². The summed E-state index contributed by atoms with van der Waals surface area (Å²) in [6.45, 7) is 3.22. The van der Waals surface area contributed by atoms with Crippen molar-refractivity contribution in [3.8, 4) is 5.75 Å². The number of hydrogen-bond acceptors (Lipinski definition) is 5. The maximum atomic E-state index is 12.2. The lowest BCUT2D eigenvalue weighted by Gasteiger charge is -2.33. The Balaban J connectivity index is 0.00000320. The average Bonchev–Trinajstić information content (AvgIpc) is 3.31. The molecule has 9 heteroatoms. The van der Waals surface area contributed by atoms with Gasteiger partial charge in [-0.2, -0.15) is 0 Å². The third-order valence-electron chi connectivity index (χ3n) is 4.93. The van der Waals surface area contributed by atoms with Gasteiger partial charge in [-0.25, -0.2) is 0 Å². The molecule has 0 aliphatic carbocycles. The van der Waals surface area contributed by atoms with Crippen LogP contribution in [0.5, 0.6) is 5.75 Å². The third kappa shape index (κ3) is 7.05. The highest BCUT2D eigenvalue weighted by Gasteiger charge is 2.20. The zero-order chi connectivity index (χ0) is 20.5. The number of carbonyl (C=O) groups excluding carboxylic acids is 1. The molecule has 0 spiro atoms. The van der Waals surface area contributed by atoms with Crippen LogP contribution in [0.3, 0.4) is 0 Å². The first-order valence-electron chi connectivity index (χ1n) is 9.87. The number of benzene rings is 1. The number of anilines is 1.